The summed E-state index contributed by atoms with van der Waals surface area (Å²) in [5.74, 6) is -0.0681. The number of ether oxygens (including phenoxy) is 3. The van der Waals surface area contributed by atoms with Crippen LogP contribution in [0.1, 0.15) is 6.92 Å². The molecule has 0 radical (unpaired) electrons. The third-order valence-electron chi connectivity index (χ3n) is 2.52. The quantitative estimate of drug-likeness (QED) is 0.255. The number of carbonyl (C=O) groups excluding carboxylic acids is 2. The molecule has 0 aliphatic carbocycles. The maximum Gasteiger partial charge on any atom is 0.399 e. The van der Waals surface area contributed by atoms with Gasteiger partial charge in [-0.2, -0.15) is 9.97 Å². The van der Waals surface area contributed by atoms with Crippen LogP contribution in [0.4, 0.5) is 5.95 Å². The zero-order valence-electron chi connectivity index (χ0n) is 13.6. The number of nitrogen functional groups attached to an aromatic ring is 1. The minimum atomic E-state index is -1.74. The molecule has 1 heterocycles. The highest BCUT2D eigenvalue weighted by Gasteiger charge is 2.16. The molecule has 2 atom stereocenters. The second-order valence-electron chi connectivity index (χ2n) is 4.40. The highest BCUT2D eigenvalue weighted by Crippen LogP contribution is 2.44. The largest absolute Gasteiger partial charge is 0.481 e. The molecule has 10 nitrogen and oxygen atoms in total. The molecule has 0 aliphatic rings. The van der Waals surface area contributed by atoms with Crippen LogP contribution in [0.5, 0.6) is 11.8 Å². The van der Waals surface area contributed by atoms with E-state index in [9.17, 15) is 14.2 Å². The Morgan fingerprint density at radius 2 is 2.08 bits per heavy atom. The zero-order chi connectivity index (χ0) is 18.7. The van der Waals surface area contributed by atoms with E-state index >= 15 is 0 Å². The number of allylic oxidation sites excluding steroid dienone is 1. The lowest BCUT2D eigenvalue weighted by Crippen LogP contribution is -2.11. The molecule has 2 N–H and O–H groups in total. The number of carbonyl (C=O) groups is 2. The first-order chi connectivity index (χ1) is 11.9. The van der Waals surface area contributed by atoms with E-state index in [2.05, 4.69) is 14.5 Å². The van der Waals surface area contributed by atoms with Gasteiger partial charge in [0.05, 0.1) is 13.2 Å². The summed E-state index contributed by atoms with van der Waals surface area (Å²) >= 11 is 0. The second kappa shape index (κ2) is 11.3. The van der Waals surface area contributed by atoms with Gasteiger partial charge in [0.2, 0.25) is 17.7 Å². The fraction of sp³-hybridized carbons (Fsp3) is 0.385. The average molecular weight is 390 g/mol. The lowest BCUT2D eigenvalue weighted by Gasteiger charge is -2.10. The molecule has 12 heteroatoms. The zero-order valence-corrected chi connectivity index (χ0v) is 15.5. The maximum atomic E-state index is 11.7. The number of nitrogens with zero attached hydrogens (tertiary/aromatic N) is 2. The Bertz CT molecular complexity index is 655. The predicted octanol–water partition coefficient (Wildman–Crippen LogP) is 1.44. The molecular formula is C13H18N3O7P2+. The van der Waals surface area contributed by atoms with Crippen LogP contribution >= 0.6 is 16.0 Å². The molecule has 1 aromatic rings. The lowest BCUT2D eigenvalue weighted by molar-refractivity contribution is -0.140. The molecule has 25 heavy (non-hydrogen) atoms. The van der Waals surface area contributed by atoms with Crippen molar-refractivity contribution in [3.05, 3.63) is 17.7 Å². The first kappa shape index (κ1) is 20.7. The molecule has 0 amide bonds. The van der Waals surface area contributed by atoms with Crippen LogP contribution in [0.25, 0.3) is 0 Å². The Hall–Kier alpha value is -2.31. The molecule has 0 spiro atoms. The number of methoxy groups -OCH3 is 1. The van der Waals surface area contributed by atoms with Crippen molar-refractivity contribution < 1.29 is 32.9 Å². The van der Waals surface area contributed by atoms with Crippen LogP contribution in [-0.4, -0.2) is 48.9 Å². The van der Waals surface area contributed by atoms with Crippen molar-refractivity contribution in [2.45, 2.75) is 6.92 Å². The molecule has 136 valence electrons. The van der Waals surface area contributed by atoms with Gasteiger partial charge >= 0.3 is 22.0 Å². The first-order valence-corrected chi connectivity index (χ1v) is 10.1. The van der Waals surface area contributed by atoms with Gasteiger partial charge in [0.15, 0.2) is 6.16 Å². The van der Waals surface area contributed by atoms with E-state index in [0.717, 1.165) is 0 Å². The van der Waals surface area contributed by atoms with Crippen molar-refractivity contribution in [1.29, 1.82) is 0 Å². The number of rotatable bonds is 11. The fourth-order valence-corrected chi connectivity index (χ4v) is 3.09. The maximum absolute atomic E-state index is 11.7. The third kappa shape index (κ3) is 8.93. The SMILES string of the molecule is COc1cc(OC/C(=C/C[P+](=O)POC=O)COC(C)=O)nc(N)n1. The summed E-state index contributed by atoms with van der Waals surface area (Å²) in [6, 6.07) is 1.44. The summed E-state index contributed by atoms with van der Waals surface area (Å²) in [7, 11) is -0.741. The van der Waals surface area contributed by atoms with Gasteiger partial charge in [0.1, 0.15) is 13.2 Å². The number of esters is 1. The Balaban J connectivity index is 2.72. The van der Waals surface area contributed by atoms with E-state index in [-0.39, 0.29) is 43.6 Å². The van der Waals surface area contributed by atoms with Crippen molar-refractivity contribution in [3.8, 4) is 11.8 Å². The Labute approximate surface area is 146 Å². The molecule has 0 saturated carbocycles. The third-order valence-corrected chi connectivity index (χ3v) is 4.91. The van der Waals surface area contributed by atoms with Crippen molar-refractivity contribution in [2.75, 3.05) is 32.2 Å². The van der Waals surface area contributed by atoms with E-state index in [1.807, 2.05) is 0 Å². The first-order valence-electron chi connectivity index (χ1n) is 6.86. The summed E-state index contributed by atoms with van der Waals surface area (Å²) in [5, 5.41) is 0. The van der Waals surface area contributed by atoms with Crippen LogP contribution < -0.4 is 15.2 Å². The second-order valence-corrected chi connectivity index (χ2v) is 7.99. The molecule has 1 rings (SSSR count). The average Bonchev–Trinajstić information content (AvgIpc) is 2.58. The van der Waals surface area contributed by atoms with Crippen molar-refractivity contribution in [1.82, 2.24) is 9.97 Å². The van der Waals surface area contributed by atoms with Crippen LogP contribution in [0.3, 0.4) is 0 Å². The summed E-state index contributed by atoms with van der Waals surface area (Å²) in [6.45, 7) is 1.50. The molecule has 0 aromatic carbocycles. The van der Waals surface area contributed by atoms with E-state index in [4.69, 9.17) is 19.9 Å². The number of anilines is 1. The monoisotopic (exact) mass is 390 g/mol. The topological polar surface area (TPSA) is 140 Å². The molecule has 0 fully saturated rings. The Morgan fingerprint density at radius 3 is 2.72 bits per heavy atom. The van der Waals surface area contributed by atoms with Gasteiger partial charge in [-0.3, -0.25) is 9.59 Å². The number of hydrogen-bond donors (Lipinski definition) is 1. The van der Waals surface area contributed by atoms with E-state index in [0.29, 0.717) is 5.57 Å². The van der Waals surface area contributed by atoms with E-state index < -0.39 is 22.0 Å². The standard InChI is InChI=1S/C13H18N3O7P2/c1-9(18)21-6-10(3-4-25(19)24-23-8-17)7-22-12-5-11(20-2)15-13(14)16-12/h3,5,8,24H,4,6-7H2,1-2H3,(H2,14,15,16)/q+1/b10-3+. The molecular weight excluding hydrogens is 372 g/mol. The minimum Gasteiger partial charge on any atom is -0.481 e. The summed E-state index contributed by atoms with van der Waals surface area (Å²) in [6.07, 6.45) is 1.75. The van der Waals surface area contributed by atoms with E-state index in [1.54, 1.807) is 6.08 Å². The molecule has 0 bridgehead atoms. The molecule has 0 saturated heterocycles. The predicted molar refractivity (Wildman–Crippen MR) is 91.1 cm³/mol. The number of aromatic nitrogens is 2. The Morgan fingerprint density at radius 1 is 1.36 bits per heavy atom. The van der Waals surface area contributed by atoms with Crippen LogP contribution in [0.15, 0.2) is 17.7 Å². The van der Waals surface area contributed by atoms with E-state index in [1.165, 1.54) is 20.1 Å². The van der Waals surface area contributed by atoms with Gasteiger partial charge in [-0.25, -0.2) is 0 Å². The summed E-state index contributed by atoms with van der Waals surface area (Å²) < 4.78 is 31.5. The molecule has 1 aromatic heterocycles. The van der Waals surface area contributed by atoms with Gasteiger partial charge in [-0.15, -0.1) is 0 Å². The number of hydrogen-bond acceptors (Lipinski definition) is 10. The van der Waals surface area contributed by atoms with Gasteiger partial charge in [0.25, 0.3) is 6.47 Å². The van der Waals surface area contributed by atoms with Crippen LogP contribution in [-0.2, 0) is 23.4 Å². The van der Waals surface area contributed by atoms with Gasteiger partial charge in [0, 0.05) is 12.5 Å². The fourth-order valence-electron chi connectivity index (χ4n) is 1.45. The summed E-state index contributed by atoms with van der Waals surface area (Å²) in [4.78, 5) is 28.8. The van der Waals surface area contributed by atoms with Gasteiger partial charge < -0.3 is 24.5 Å². The summed E-state index contributed by atoms with van der Waals surface area (Å²) in [5.41, 5.74) is 6.10. The smallest absolute Gasteiger partial charge is 0.399 e. The van der Waals surface area contributed by atoms with Crippen LogP contribution in [0.2, 0.25) is 0 Å². The lowest BCUT2D eigenvalue weighted by atomic mass is 10.3. The number of nitrogens with two attached hydrogens (primary N) is 1. The van der Waals surface area contributed by atoms with Crippen molar-refractivity contribution in [3.63, 3.8) is 0 Å². The minimum absolute atomic E-state index is 0.0184. The Kier molecular flexibility index (Phi) is 9.36. The molecule has 2 unspecified atom stereocenters. The highest BCUT2D eigenvalue weighted by atomic mass is 32.0. The highest BCUT2D eigenvalue weighted by molar-refractivity contribution is 8.13. The molecule has 0 aliphatic heterocycles. The van der Waals surface area contributed by atoms with Gasteiger partial charge in [-0.05, 0) is 6.08 Å². The van der Waals surface area contributed by atoms with Crippen molar-refractivity contribution in [2.24, 2.45) is 0 Å². The van der Waals surface area contributed by atoms with Crippen LogP contribution in [0, 0.1) is 0 Å². The normalized spacial score (nSPS) is 11.9. The van der Waals surface area contributed by atoms with Gasteiger partial charge in [-0.1, -0.05) is 4.57 Å². The van der Waals surface area contributed by atoms with Crippen molar-refractivity contribution >= 4 is 34.4 Å².